The van der Waals surface area contributed by atoms with Crippen molar-refractivity contribution in [3.05, 3.63) is 27.3 Å². The lowest BCUT2D eigenvalue weighted by atomic mass is 10.1. The Morgan fingerprint density at radius 2 is 2.30 bits per heavy atom. The molecule has 1 aromatic carbocycles. The Morgan fingerprint density at radius 1 is 1.50 bits per heavy atom. The molecular formula is C14H16ClFIN3. The third kappa shape index (κ3) is 2.67. The number of alkyl halides is 1. The van der Waals surface area contributed by atoms with E-state index in [2.05, 4.69) is 21.5 Å². The molecule has 0 spiro atoms. The van der Waals surface area contributed by atoms with Crippen LogP contribution < -0.4 is 0 Å². The molecule has 1 aliphatic heterocycles. The van der Waals surface area contributed by atoms with Crippen LogP contribution in [-0.2, 0) is 12.4 Å². The Morgan fingerprint density at radius 3 is 2.95 bits per heavy atom. The average molecular weight is 408 g/mol. The monoisotopic (exact) mass is 407 g/mol. The fourth-order valence-corrected chi connectivity index (χ4v) is 3.56. The van der Waals surface area contributed by atoms with Crippen molar-refractivity contribution in [2.24, 2.45) is 5.92 Å². The van der Waals surface area contributed by atoms with Crippen LogP contribution in [0.4, 0.5) is 4.39 Å². The molecule has 6 heteroatoms. The summed E-state index contributed by atoms with van der Waals surface area (Å²) in [4.78, 5) is 6.87. The fraction of sp³-hybridized carbons (Fsp3) is 0.500. The van der Waals surface area contributed by atoms with E-state index >= 15 is 0 Å². The normalized spacial score (nSPS) is 20.1. The number of halogens is 3. The number of hydrogen-bond acceptors (Lipinski definition) is 2. The predicted molar refractivity (Wildman–Crippen MR) is 87.6 cm³/mol. The molecule has 0 aliphatic carbocycles. The second-order valence-corrected chi connectivity index (χ2v) is 6.87. The SMILES string of the molecule is CN1CCC(Cn2c(CCl)nc3cc(I)c(F)cc32)C1. The lowest BCUT2D eigenvalue weighted by Gasteiger charge is -2.14. The van der Waals surface area contributed by atoms with Gasteiger partial charge in [0.05, 0.1) is 20.5 Å². The molecule has 1 fully saturated rings. The van der Waals surface area contributed by atoms with Gasteiger partial charge in [-0.1, -0.05) is 0 Å². The van der Waals surface area contributed by atoms with Gasteiger partial charge >= 0.3 is 0 Å². The largest absolute Gasteiger partial charge is 0.327 e. The third-order valence-corrected chi connectivity index (χ3v) is 4.98. The molecule has 1 atom stereocenters. The number of likely N-dealkylation sites (tertiary alicyclic amines) is 1. The number of fused-ring (bicyclic) bond motifs is 1. The first-order valence-corrected chi connectivity index (χ1v) is 8.28. The molecular weight excluding hydrogens is 392 g/mol. The number of benzene rings is 1. The van der Waals surface area contributed by atoms with Gasteiger partial charge in [-0.25, -0.2) is 9.37 Å². The van der Waals surface area contributed by atoms with Crippen molar-refractivity contribution in [3.63, 3.8) is 0 Å². The van der Waals surface area contributed by atoms with Gasteiger partial charge in [-0.2, -0.15) is 0 Å². The highest BCUT2D eigenvalue weighted by molar-refractivity contribution is 14.1. The molecule has 1 unspecified atom stereocenters. The van der Waals surface area contributed by atoms with Gasteiger partial charge in [0, 0.05) is 19.2 Å². The summed E-state index contributed by atoms with van der Waals surface area (Å²) in [5.74, 6) is 1.58. The molecule has 2 aromatic rings. The zero-order valence-corrected chi connectivity index (χ0v) is 14.2. The highest BCUT2D eigenvalue weighted by Crippen LogP contribution is 2.25. The molecule has 0 saturated carbocycles. The van der Waals surface area contributed by atoms with Crippen LogP contribution in [0.3, 0.4) is 0 Å². The van der Waals surface area contributed by atoms with Gasteiger partial charge in [-0.3, -0.25) is 0 Å². The van der Waals surface area contributed by atoms with Crippen LogP contribution in [0.1, 0.15) is 12.2 Å². The van der Waals surface area contributed by atoms with E-state index in [1.807, 2.05) is 22.6 Å². The van der Waals surface area contributed by atoms with Gasteiger partial charge in [0.1, 0.15) is 11.6 Å². The van der Waals surface area contributed by atoms with Crippen molar-refractivity contribution >= 4 is 45.2 Å². The molecule has 0 bridgehead atoms. The van der Waals surface area contributed by atoms with Gasteiger partial charge in [0.25, 0.3) is 0 Å². The van der Waals surface area contributed by atoms with E-state index in [0.29, 0.717) is 15.4 Å². The molecule has 2 heterocycles. The van der Waals surface area contributed by atoms with Crippen molar-refractivity contribution in [2.45, 2.75) is 18.8 Å². The Kier molecular flexibility index (Phi) is 4.19. The highest BCUT2D eigenvalue weighted by atomic mass is 127. The van der Waals surface area contributed by atoms with Crippen LogP contribution in [0.15, 0.2) is 12.1 Å². The summed E-state index contributed by atoms with van der Waals surface area (Å²) in [6.45, 7) is 3.07. The Balaban J connectivity index is 2.01. The number of imidazole rings is 1. The maximum Gasteiger partial charge on any atom is 0.138 e. The lowest BCUT2D eigenvalue weighted by molar-refractivity contribution is 0.378. The first-order chi connectivity index (χ1) is 9.58. The number of nitrogens with zero attached hydrogens (tertiary/aromatic N) is 3. The molecule has 3 rings (SSSR count). The number of rotatable bonds is 3. The smallest absolute Gasteiger partial charge is 0.138 e. The van der Waals surface area contributed by atoms with Gasteiger partial charge in [-0.15, -0.1) is 11.6 Å². The second-order valence-electron chi connectivity index (χ2n) is 5.44. The maximum atomic E-state index is 13.8. The summed E-state index contributed by atoms with van der Waals surface area (Å²) in [6.07, 6.45) is 1.17. The molecule has 1 saturated heterocycles. The summed E-state index contributed by atoms with van der Waals surface area (Å²) in [7, 11) is 2.14. The third-order valence-electron chi connectivity index (χ3n) is 3.92. The molecule has 3 nitrogen and oxygen atoms in total. The van der Waals surface area contributed by atoms with Crippen molar-refractivity contribution in [1.82, 2.24) is 14.5 Å². The summed E-state index contributed by atoms with van der Waals surface area (Å²) < 4.78 is 16.5. The van der Waals surface area contributed by atoms with Gasteiger partial charge in [-0.05, 0) is 54.6 Å². The Labute approximate surface area is 136 Å². The summed E-state index contributed by atoms with van der Waals surface area (Å²) in [5.41, 5.74) is 1.69. The fourth-order valence-electron chi connectivity index (χ4n) is 2.91. The first-order valence-electron chi connectivity index (χ1n) is 6.67. The zero-order valence-electron chi connectivity index (χ0n) is 11.2. The lowest BCUT2D eigenvalue weighted by Crippen LogP contribution is -2.18. The predicted octanol–water partition coefficient (Wildman–Crippen LogP) is 3.47. The summed E-state index contributed by atoms with van der Waals surface area (Å²) in [5, 5.41) is 0. The summed E-state index contributed by atoms with van der Waals surface area (Å²) >= 11 is 8.00. The van der Waals surface area contributed by atoms with Crippen LogP contribution in [0, 0.1) is 15.3 Å². The van der Waals surface area contributed by atoms with Crippen molar-refractivity contribution in [2.75, 3.05) is 20.1 Å². The highest BCUT2D eigenvalue weighted by Gasteiger charge is 2.22. The number of hydrogen-bond donors (Lipinski definition) is 0. The van der Waals surface area contributed by atoms with Gasteiger partial charge in [0.15, 0.2) is 0 Å². The molecule has 20 heavy (non-hydrogen) atoms. The minimum Gasteiger partial charge on any atom is -0.327 e. The van der Waals surface area contributed by atoms with Crippen LogP contribution in [-0.4, -0.2) is 34.6 Å². The van der Waals surface area contributed by atoms with Crippen LogP contribution >= 0.6 is 34.2 Å². The summed E-state index contributed by atoms with van der Waals surface area (Å²) in [6, 6.07) is 3.37. The van der Waals surface area contributed by atoms with E-state index in [9.17, 15) is 4.39 Å². The maximum absolute atomic E-state index is 13.8. The number of aromatic nitrogens is 2. The average Bonchev–Trinajstić information content (AvgIpc) is 2.96. The van der Waals surface area contributed by atoms with E-state index in [1.165, 1.54) is 6.42 Å². The van der Waals surface area contributed by atoms with Crippen LogP contribution in [0.5, 0.6) is 0 Å². The molecule has 0 amide bonds. The minimum absolute atomic E-state index is 0.191. The van der Waals surface area contributed by atoms with E-state index in [4.69, 9.17) is 11.6 Å². The minimum atomic E-state index is -0.191. The molecule has 0 N–H and O–H groups in total. The van der Waals surface area contributed by atoms with E-state index in [-0.39, 0.29) is 5.82 Å². The van der Waals surface area contributed by atoms with Crippen molar-refractivity contribution in [1.29, 1.82) is 0 Å². The molecule has 1 aliphatic rings. The quantitative estimate of drug-likeness (QED) is 0.574. The Bertz CT molecular complexity index is 643. The van der Waals surface area contributed by atoms with E-state index in [0.717, 1.165) is 36.5 Å². The Hall–Kier alpha value is -0.400. The standard InChI is InChI=1S/C14H16ClFIN3/c1-19-3-2-9(7-19)8-20-13-4-10(16)11(17)5-12(13)18-14(20)6-15/h4-5,9H,2-3,6-8H2,1H3. The molecule has 108 valence electrons. The molecule has 0 radical (unpaired) electrons. The first kappa shape index (κ1) is 14.5. The van der Waals surface area contributed by atoms with E-state index < -0.39 is 0 Å². The van der Waals surface area contributed by atoms with E-state index in [1.54, 1.807) is 12.1 Å². The van der Waals surface area contributed by atoms with Crippen LogP contribution in [0.2, 0.25) is 0 Å². The van der Waals surface area contributed by atoms with Crippen molar-refractivity contribution in [3.8, 4) is 0 Å². The van der Waals surface area contributed by atoms with Crippen molar-refractivity contribution < 1.29 is 4.39 Å². The zero-order chi connectivity index (χ0) is 14.3. The topological polar surface area (TPSA) is 21.1 Å². The van der Waals surface area contributed by atoms with Gasteiger partial charge < -0.3 is 9.47 Å². The van der Waals surface area contributed by atoms with Gasteiger partial charge in [0.2, 0.25) is 0 Å². The molecule has 1 aromatic heterocycles. The second kappa shape index (κ2) is 5.77. The van der Waals surface area contributed by atoms with Crippen LogP contribution in [0.25, 0.3) is 11.0 Å².